The molecule has 1 aromatic carbocycles. The molecule has 2 aromatic rings. The van der Waals surface area contributed by atoms with Gasteiger partial charge in [-0.1, -0.05) is 37.3 Å². The van der Waals surface area contributed by atoms with E-state index in [0.29, 0.717) is 16.7 Å². The second kappa shape index (κ2) is 6.45. The molecular formula is C14H16N4O2S. The molecule has 110 valence electrons. The highest BCUT2D eigenvalue weighted by atomic mass is 32.1. The molecule has 0 fully saturated rings. The van der Waals surface area contributed by atoms with E-state index in [9.17, 15) is 9.59 Å². The first-order valence-corrected chi connectivity index (χ1v) is 7.29. The molecule has 2 N–H and O–H groups in total. The van der Waals surface area contributed by atoms with Crippen molar-refractivity contribution in [1.29, 1.82) is 0 Å². The number of rotatable bonds is 3. The predicted molar refractivity (Wildman–Crippen MR) is 82.4 cm³/mol. The Bertz CT molecular complexity index is 649. The van der Waals surface area contributed by atoms with Crippen molar-refractivity contribution < 1.29 is 9.59 Å². The summed E-state index contributed by atoms with van der Waals surface area (Å²) in [4.78, 5) is 23.5. The standard InChI is InChI=1S/C14H16N4O2S/c1-8(2)10-4-6-11(7-5-10)15-12(19)13(20)16-14-18-17-9(3)21-14/h4-8H,1-3H3,(H,15,19)(H,16,18,20). The molecule has 0 aliphatic heterocycles. The molecule has 2 rings (SSSR count). The molecule has 0 bridgehead atoms. The van der Waals surface area contributed by atoms with Gasteiger partial charge in [0, 0.05) is 5.69 Å². The summed E-state index contributed by atoms with van der Waals surface area (Å²) in [6.07, 6.45) is 0. The van der Waals surface area contributed by atoms with Crippen molar-refractivity contribution >= 4 is 34.0 Å². The Morgan fingerprint density at radius 1 is 1.05 bits per heavy atom. The molecule has 0 spiro atoms. The maximum Gasteiger partial charge on any atom is 0.315 e. The van der Waals surface area contributed by atoms with Crippen LogP contribution in [0.3, 0.4) is 0 Å². The van der Waals surface area contributed by atoms with Gasteiger partial charge in [0.1, 0.15) is 5.01 Å². The number of hydrogen-bond donors (Lipinski definition) is 2. The number of aromatic nitrogens is 2. The van der Waals surface area contributed by atoms with Crippen LogP contribution in [0, 0.1) is 6.92 Å². The van der Waals surface area contributed by atoms with E-state index in [2.05, 4.69) is 34.7 Å². The van der Waals surface area contributed by atoms with Crippen LogP contribution < -0.4 is 10.6 Å². The lowest BCUT2D eigenvalue weighted by molar-refractivity contribution is -0.133. The second-order valence-electron chi connectivity index (χ2n) is 4.81. The highest BCUT2D eigenvalue weighted by molar-refractivity contribution is 7.15. The molecule has 2 amide bonds. The van der Waals surface area contributed by atoms with E-state index in [1.165, 1.54) is 16.9 Å². The fourth-order valence-corrected chi connectivity index (χ4v) is 2.23. The first kappa shape index (κ1) is 15.1. The van der Waals surface area contributed by atoms with E-state index < -0.39 is 11.8 Å². The van der Waals surface area contributed by atoms with Crippen LogP contribution in [0.5, 0.6) is 0 Å². The number of aryl methyl sites for hydroxylation is 1. The summed E-state index contributed by atoms with van der Waals surface area (Å²) in [6.45, 7) is 5.94. The summed E-state index contributed by atoms with van der Waals surface area (Å²) < 4.78 is 0. The number of nitrogens with zero attached hydrogens (tertiary/aromatic N) is 2. The van der Waals surface area contributed by atoms with Gasteiger partial charge in [0.05, 0.1) is 0 Å². The van der Waals surface area contributed by atoms with E-state index in [4.69, 9.17) is 0 Å². The fourth-order valence-electron chi connectivity index (χ4n) is 1.64. The Balaban J connectivity index is 1.95. The van der Waals surface area contributed by atoms with Crippen molar-refractivity contribution in [2.75, 3.05) is 10.6 Å². The van der Waals surface area contributed by atoms with Gasteiger partial charge in [-0.3, -0.25) is 14.9 Å². The molecule has 1 aromatic heterocycles. The molecule has 0 saturated carbocycles. The van der Waals surface area contributed by atoms with Gasteiger partial charge >= 0.3 is 11.8 Å². The quantitative estimate of drug-likeness (QED) is 0.854. The Morgan fingerprint density at radius 2 is 1.67 bits per heavy atom. The minimum absolute atomic E-state index is 0.308. The predicted octanol–water partition coefficient (Wildman–Crippen LogP) is 2.55. The van der Waals surface area contributed by atoms with Crippen LogP contribution in [0.1, 0.15) is 30.3 Å². The molecule has 1 heterocycles. The number of benzene rings is 1. The van der Waals surface area contributed by atoms with E-state index >= 15 is 0 Å². The van der Waals surface area contributed by atoms with Crippen LogP contribution in [0.4, 0.5) is 10.8 Å². The summed E-state index contributed by atoms with van der Waals surface area (Å²) in [5.41, 5.74) is 1.75. The van der Waals surface area contributed by atoms with Crippen molar-refractivity contribution in [3.63, 3.8) is 0 Å². The third-order valence-electron chi connectivity index (χ3n) is 2.79. The summed E-state index contributed by atoms with van der Waals surface area (Å²) in [6, 6.07) is 7.39. The van der Waals surface area contributed by atoms with Crippen molar-refractivity contribution in [1.82, 2.24) is 10.2 Å². The molecular weight excluding hydrogens is 288 g/mol. The second-order valence-corrected chi connectivity index (χ2v) is 5.99. The monoisotopic (exact) mass is 304 g/mol. The van der Waals surface area contributed by atoms with Crippen LogP contribution in [-0.2, 0) is 9.59 Å². The van der Waals surface area contributed by atoms with E-state index in [0.717, 1.165) is 5.01 Å². The molecule has 0 aliphatic carbocycles. The minimum Gasteiger partial charge on any atom is -0.318 e. The highest BCUT2D eigenvalue weighted by Gasteiger charge is 2.15. The smallest absolute Gasteiger partial charge is 0.315 e. The normalized spacial score (nSPS) is 10.5. The molecule has 6 nitrogen and oxygen atoms in total. The molecule has 0 unspecified atom stereocenters. The first-order chi connectivity index (χ1) is 9.95. The van der Waals surface area contributed by atoms with Crippen LogP contribution in [-0.4, -0.2) is 22.0 Å². The van der Waals surface area contributed by atoms with E-state index in [-0.39, 0.29) is 0 Å². The van der Waals surface area contributed by atoms with E-state index in [1.54, 1.807) is 19.1 Å². The Labute approximate surface area is 126 Å². The van der Waals surface area contributed by atoms with Crippen molar-refractivity contribution in [2.45, 2.75) is 26.7 Å². The molecule has 21 heavy (non-hydrogen) atoms. The number of hydrogen-bond acceptors (Lipinski definition) is 5. The third kappa shape index (κ3) is 4.09. The van der Waals surface area contributed by atoms with E-state index in [1.807, 2.05) is 12.1 Å². The van der Waals surface area contributed by atoms with Gasteiger partial charge in [-0.25, -0.2) is 0 Å². The maximum atomic E-state index is 11.8. The van der Waals surface area contributed by atoms with Gasteiger partial charge < -0.3 is 5.32 Å². The van der Waals surface area contributed by atoms with Gasteiger partial charge in [-0.2, -0.15) is 0 Å². The lowest BCUT2D eigenvalue weighted by Gasteiger charge is -2.08. The molecule has 0 aliphatic rings. The lowest BCUT2D eigenvalue weighted by atomic mass is 10.0. The van der Waals surface area contributed by atoms with Crippen molar-refractivity contribution in [3.05, 3.63) is 34.8 Å². The summed E-state index contributed by atoms with van der Waals surface area (Å²) in [5, 5.41) is 13.5. The van der Waals surface area contributed by atoms with Gasteiger partial charge in [0.15, 0.2) is 0 Å². The van der Waals surface area contributed by atoms with Crippen LogP contribution in [0.2, 0.25) is 0 Å². The van der Waals surface area contributed by atoms with Crippen LogP contribution >= 0.6 is 11.3 Å². The Morgan fingerprint density at radius 3 is 2.19 bits per heavy atom. The third-order valence-corrected chi connectivity index (χ3v) is 3.54. The molecule has 0 atom stereocenters. The average Bonchev–Trinajstić information content (AvgIpc) is 2.84. The SMILES string of the molecule is Cc1nnc(NC(=O)C(=O)Nc2ccc(C(C)C)cc2)s1. The van der Waals surface area contributed by atoms with Crippen LogP contribution in [0.15, 0.2) is 24.3 Å². The maximum absolute atomic E-state index is 11.8. The first-order valence-electron chi connectivity index (χ1n) is 6.48. The fraction of sp³-hybridized carbons (Fsp3) is 0.286. The van der Waals surface area contributed by atoms with Gasteiger partial charge in [0.25, 0.3) is 0 Å². The number of anilines is 2. The lowest BCUT2D eigenvalue weighted by Crippen LogP contribution is -2.29. The zero-order valence-corrected chi connectivity index (χ0v) is 12.8. The zero-order chi connectivity index (χ0) is 15.4. The molecule has 7 heteroatoms. The van der Waals surface area contributed by atoms with Gasteiger partial charge in [-0.05, 0) is 30.5 Å². The van der Waals surface area contributed by atoms with Crippen LogP contribution in [0.25, 0.3) is 0 Å². The number of carbonyl (C=O) groups is 2. The largest absolute Gasteiger partial charge is 0.318 e. The topological polar surface area (TPSA) is 84.0 Å². The number of amides is 2. The summed E-state index contributed by atoms with van der Waals surface area (Å²) >= 11 is 1.21. The van der Waals surface area contributed by atoms with Crippen molar-refractivity contribution in [3.8, 4) is 0 Å². The van der Waals surface area contributed by atoms with Gasteiger partial charge in [-0.15, -0.1) is 10.2 Å². The Hall–Kier alpha value is -2.28. The molecule has 0 saturated heterocycles. The average molecular weight is 304 g/mol. The molecule has 0 radical (unpaired) electrons. The highest BCUT2D eigenvalue weighted by Crippen LogP contribution is 2.17. The summed E-state index contributed by atoms with van der Waals surface area (Å²) in [5.74, 6) is -1.09. The minimum atomic E-state index is -0.765. The van der Waals surface area contributed by atoms with Gasteiger partial charge in [0.2, 0.25) is 5.13 Å². The zero-order valence-electron chi connectivity index (χ0n) is 12.0. The number of nitrogens with one attached hydrogen (secondary N) is 2. The number of carbonyl (C=O) groups excluding carboxylic acids is 2. The summed E-state index contributed by atoms with van der Waals surface area (Å²) in [7, 11) is 0. The Kier molecular flexibility index (Phi) is 4.64. The van der Waals surface area contributed by atoms with Crippen molar-refractivity contribution in [2.24, 2.45) is 0 Å².